The molecule has 5 heteroatoms. The van der Waals surface area contributed by atoms with E-state index in [1.807, 2.05) is 36.4 Å². The third-order valence-corrected chi connectivity index (χ3v) is 3.10. The summed E-state index contributed by atoms with van der Waals surface area (Å²) in [6, 6.07) is 11.1. The van der Waals surface area contributed by atoms with E-state index in [1.165, 1.54) is 0 Å². The van der Waals surface area contributed by atoms with Crippen molar-refractivity contribution in [2.24, 2.45) is 0 Å². The van der Waals surface area contributed by atoms with Crippen LogP contribution in [-0.4, -0.2) is 23.0 Å². The number of amides is 2. The zero-order chi connectivity index (χ0) is 14.4. The molecule has 1 aromatic carbocycles. The van der Waals surface area contributed by atoms with Gasteiger partial charge in [-0.3, -0.25) is 4.98 Å². The van der Waals surface area contributed by atoms with Crippen LogP contribution in [0.5, 0.6) is 0 Å². The topological polar surface area (TPSA) is 45.2 Å². The Kier molecular flexibility index (Phi) is 4.96. The number of carbonyl (C=O) groups excluding carboxylic acids is 1. The number of halogens is 1. The third-order valence-electron chi connectivity index (χ3n) is 2.85. The molecular formula is C15H16ClN3O. The molecule has 4 nitrogen and oxygen atoms in total. The molecule has 2 amide bonds. The van der Waals surface area contributed by atoms with Gasteiger partial charge in [-0.2, -0.15) is 0 Å². The maximum Gasteiger partial charge on any atom is 0.317 e. The lowest BCUT2D eigenvalue weighted by molar-refractivity contribution is 0.206. The second-order valence-electron chi connectivity index (χ2n) is 4.50. The molecule has 0 saturated heterocycles. The van der Waals surface area contributed by atoms with Gasteiger partial charge in [0.05, 0.1) is 0 Å². The summed E-state index contributed by atoms with van der Waals surface area (Å²) in [5.74, 6) is 0. The molecule has 0 aliphatic rings. The van der Waals surface area contributed by atoms with Crippen LogP contribution >= 0.6 is 11.6 Å². The maximum absolute atomic E-state index is 12.0. The van der Waals surface area contributed by atoms with E-state index in [2.05, 4.69) is 10.3 Å². The van der Waals surface area contributed by atoms with Crippen LogP contribution in [0.15, 0.2) is 48.8 Å². The molecule has 2 rings (SSSR count). The molecule has 0 radical (unpaired) electrons. The first-order valence-corrected chi connectivity index (χ1v) is 6.65. The average Bonchev–Trinajstić information content (AvgIpc) is 2.48. The van der Waals surface area contributed by atoms with Crippen LogP contribution < -0.4 is 5.32 Å². The first-order chi connectivity index (χ1) is 9.65. The number of hydrogen-bond donors (Lipinski definition) is 1. The minimum atomic E-state index is -0.121. The van der Waals surface area contributed by atoms with Crippen molar-refractivity contribution < 1.29 is 4.79 Å². The number of nitrogens with one attached hydrogen (secondary N) is 1. The van der Waals surface area contributed by atoms with Gasteiger partial charge in [-0.05, 0) is 29.3 Å². The zero-order valence-corrected chi connectivity index (χ0v) is 12.0. The van der Waals surface area contributed by atoms with Crippen LogP contribution in [0, 0.1) is 0 Å². The first-order valence-electron chi connectivity index (χ1n) is 6.27. The molecule has 1 aromatic heterocycles. The summed E-state index contributed by atoms with van der Waals surface area (Å²) in [5.41, 5.74) is 2.01. The molecule has 2 aromatic rings. The number of carbonyl (C=O) groups is 1. The third kappa shape index (κ3) is 4.24. The monoisotopic (exact) mass is 289 g/mol. The smallest absolute Gasteiger partial charge is 0.317 e. The first kappa shape index (κ1) is 14.3. The lowest BCUT2D eigenvalue weighted by atomic mass is 10.2. The minimum Gasteiger partial charge on any atom is -0.334 e. The van der Waals surface area contributed by atoms with Crippen molar-refractivity contribution in [3.63, 3.8) is 0 Å². The van der Waals surface area contributed by atoms with E-state index >= 15 is 0 Å². The van der Waals surface area contributed by atoms with Crippen molar-refractivity contribution in [2.45, 2.75) is 13.1 Å². The Labute approximate surface area is 123 Å². The highest BCUT2D eigenvalue weighted by atomic mass is 35.5. The van der Waals surface area contributed by atoms with Gasteiger partial charge in [0.2, 0.25) is 0 Å². The molecule has 0 saturated carbocycles. The lowest BCUT2D eigenvalue weighted by Crippen LogP contribution is -2.36. The van der Waals surface area contributed by atoms with Crippen LogP contribution in [0.25, 0.3) is 0 Å². The number of aromatic nitrogens is 1. The molecule has 0 aliphatic carbocycles. The summed E-state index contributed by atoms with van der Waals surface area (Å²) < 4.78 is 0. The van der Waals surface area contributed by atoms with Crippen LogP contribution in [-0.2, 0) is 13.1 Å². The van der Waals surface area contributed by atoms with Crippen molar-refractivity contribution in [3.8, 4) is 0 Å². The maximum atomic E-state index is 12.0. The summed E-state index contributed by atoms with van der Waals surface area (Å²) in [6.45, 7) is 1.01. The summed E-state index contributed by atoms with van der Waals surface area (Å²) in [4.78, 5) is 17.6. The van der Waals surface area contributed by atoms with E-state index in [9.17, 15) is 4.79 Å². The highest BCUT2D eigenvalue weighted by Crippen LogP contribution is 2.11. The molecule has 0 unspecified atom stereocenters. The predicted molar refractivity (Wildman–Crippen MR) is 79.4 cm³/mol. The summed E-state index contributed by atoms with van der Waals surface area (Å²) >= 11 is 5.83. The Bertz CT molecular complexity index is 557. The van der Waals surface area contributed by atoms with E-state index in [4.69, 9.17) is 11.6 Å². The molecule has 104 valence electrons. The van der Waals surface area contributed by atoms with Gasteiger partial charge in [0.25, 0.3) is 0 Å². The fourth-order valence-corrected chi connectivity index (χ4v) is 1.88. The van der Waals surface area contributed by atoms with E-state index in [-0.39, 0.29) is 6.03 Å². The van der Waals surface area contributed by atoms with Gasteiger partial charge >= 0.3 is 6.03 Å². The number of nitrogens with zero attached hydrogens (tertiary/aromatic N) is 2. The number of pyridine rings is 1. The van der Waals surface area contributed by atoms with Crippen molar-refractivity contribution in [1.29, 1.82) is 0 Å². The van der Waals surface area contributed by atoms with Gasteiger partial charge in [0.15, 0.2) is 0 Å². The van der Waals surface area contributed by atoms with Crippen LogP contribution in [0.3, 0.4) is 0 Å². The molecule has 1 N–H and O–H groups in total. The second-order valence-corrected chi connectivity index (χ2v) is 4.94. The summed E-state index contributed by atoms with van der Waals surface area (Å²) in [6.07, 6.45) is 3.44. The van der Waals surface area contributed by atoms with Gasteiger partial charge in [-0.1, -0.05) is 29.8 Å². The highest BCUT2D eigenvalue weighted by molar-refractivity contribution is 6.30. The molecule has 1 heterocycles. The van der Waals surface area contributed by atoms with Crippen molar-refractivity contribution in [1.82, 2.24) is 15.2 Å². The van der Waals surface area contributed by atoms with Crippen molar-refractivity contribution in [2.75, 3.05) is 7.05 Å². The molecule has 0 atom stereocenters. The number of benzene rings is 1. The van der Waals surface area contributed by atoms with Gasteiger partial charge in [0.1, 0.15) is 0 Å². The normalized spacial score (nSPS) is 10.1. The van der Waals surface area contributed by atoms with Gasteiger partial charge < -0.3 is 10.2 Å². The number of hydrogen-bond acceptors (Lipinski definition) is 2. The largest absolute Gasteiger partial charge is 0.334 e. The van der Waals surface area contributed by atoms with E-state index in [1.54, 1.807) is 24.3 Å². The van der Waals surface area contributed by atoms with E-state index in [0.29, 0.717) is 18.1 Å². The fraction of sp³-hybridized carbons (Fsp3) is 0.200. The van der Waals surface area contributed by atoms with Crippen molar-refractivity contribution in [3.05, 3.63) is 64.9 Å². The molecule has 0 aliphatic heterocycles. The average molecular weight is 290 g/mol. The standard InChI is InChI=1S/C15H16ClN3O/c1-19(11-12-4-6-14(16)7-5-12)15(20)18-10-13-3-2-8-17-9-13/h2-9H,10-11H2,1H3,(H,18,20). The minimum absolute atomic E-state index is 0.121. The van der Waals surface area contributed by atoms with E-state index < -0.39 is 0 Å². The Balaban J connectivity index is 1.84. The molecule has 0 fully saturated rings. The number of rotatable bonds is 4. The molecule has 0 spiro atoms. The van der Waals surface area contributed by atoms with Gasteiger partial charge in [-0.15, -0.1) is 0 Å². The predicted octanol–water partition coefficient (Wildman–Crippen LogP) is 3.08. The van der Waals surface area contributed by atoms with Crippen LogP contribution in [0.1, 0.15) is 11.1 Å². The lowest BCUT2D eigenvalue weighted by Gasteiger charge is -2.18. The van der Waals surface area contributed by atoms with Crippen LogP contribution in [0.4, 0.5) is 4.79 Å². The Hall–Kier alpha value is -2.07. The summed E-state index contributed by atoms with van der Waals surface area (Å²) in [7, 11) is 1.76. The second kappa shape index (κ2) is 6.91. The number of urea groups is 1. The Morgan fingerprint density at radius 1 is 1.25 bits per heavy atom. The molecule has 0 bridgehead atoms. The van der Waals surface area contributed by atoms with Gasteiger partial charge in [0, 0.05) is 37.6 Å². The zero-order valence-electron chi connectivity index (χ0n) is 11.2. The van der Waals surface area contributed by atoms with E-state index in [0.717, 1.165) is 11.1 Å². The summed E-state index contributed by atoms with van der Waals surface area (Å²) in [5, 5.41) is 3.54. The quantitative estimate of drug-likeness (QED) is 0.940. The molecule has 20 heavy (non-hydrogen) atoms. The highest BCUT2D eigenvalue weighted by Gasteiger charge is 2.08. The van der Waals surface area contributed by atoms with Crippen molar-refractivity contribution >= 4 is 17.6 Å². The fourth-order valence-electron chi connectivity index (χ4n) is 1.75. The van der Waals surface area contributed by atoms with Crippen LogP contribution in [0.2, 0.25) is 5.02 Å². The Morgan fingerprint density at radius 2 is 2.00 bits per heavy atom. The SMILES string of the molecule is CN(Cc1ccc(Cl)cc1)C(=O)NCc1cccnc1. The Morgan fingerprint density at radius 3 is 2.65 bits per heavy atom. The molecular weight excluding hydrogens is 274 g/mol. The van der Waals surface area contributed by atoms with Gasteiger partial charge in [-0.25, -0.2) is 4.79 Å².